The molecular formula is C11H14ClNOS. The number of amides is 1. The summed E-state index contributed by atoms with van der Waals surface area (Å²) in [6.45, 7) is 5.52. The fraction of sp³-hybridized carbons (Fsp3) is 0.545. The van der Waals surface area contributed by atoms with Crippen LogP contribution in [0.4, 0.5) is 0 Å². The smallest absolute Gasteiger partial charge is 0.264 e. The van der Waals surface area contributed by atoms with Crippen molar-refractivity contribution >= 4 is 28.8 Å². The van der Waals surface area contributed by atoms with Crippen molar-refractivity contribution < 1.29 is 4.79 Å². The van der Waals surface area contributed by atoms with E-state index in [1.165, 1.54) is 11.3 Å². The lowest BCUT2D eigenvalue weighted by atomic mass is 10.1. The number of rotatable bonds is 1. The summed E-state index contributed by atoms with van der Waals surface area (Å²) in [4.78, 5) is 14.8. The molecule has 15 heavy (non-hydrogen) atoms. The molecule has 4 heteroatoms. The number of halogens is 1. The first kappa shape index (κ1) is 11.0. The minimum Gasteiger partial charge on any atom is -0.336 e. The first-order valence-corrected chi connectivity index (χ1v) is 6.38. The highest BCUT2D eigenvalue weighted by Crippen LogP contribution is 2.25. The summed E-state index contributed by atoms with van der Waals surface area (Å²) >= 11 is 7.62. The van der Waals surface area contributed by atoms with Crippen molar-refractivity contribution in [2.24, 2.45) is 5.92 Å². The second-order valence-electron chi connectivity index (χ2n) is 4.14. The quantitative estimate of drug-likeness (QED) is 0.695. The van der Waals surface area contributed by atoms with Crippen molar-refractivity contribution in [3.8, 4) is 0 Å². The predicted octanol–water partition coefficient (Wildman–Crippen LogP) is 2.76. The SMILES string of the molecule is Cc1ccsc1C(=O)N1CC(C)C(Cl)C1. The van der Waals surface area contributed by atoms with Crippen molar-refractivity contribution in [1.82, 2.24) is 4.90 Å². The van der Waals surface area contributed by atoms with Crippen LogP contribution in [0.15, 0.2) is 11.4 Å². The average molecular weight is 244 g/mol. The van der Waals surface area contributed by atoms with Crippen LogP contribution in [0.2, 0.25) is 0 Å². The molecule has 0 spiro atoms. The molecule has 2 nitrogen and oxygen atoms in total. The maximum atomic E-state index is 12.1. The van der Waals surface area contributed by atoms with Crippen molar-refractivity contribution in [2.45, 2.75) is 19.2 Å². The van der Waals surface area contributed by atoms with E-state index < -0.39 is 0 Å². The van der Waals surface area contributed by atoms with Crippen LogP contribution in [0.5, 0.6) is 0 Å². The summed E-state index contributed by atoms with van der Waals surface area (Å²) in [6, 6.07) is 1.98. The van der Waals surface area contributed by atoms with Gasteiger partial charge < -0.3 is 4.90 Å². The van der Waals surface area contributed by atoms with Crippen LogP contribution < -0.4 is 0 Å². The molecule has 1 aliphatic heterocycles. The van der Waals surface area contributed by atoms with Crippen molar-refractivity contribution in [1.29, 1.82) is 0 Å². The third-order valence-electron chi connectivity index (χ3n) is 2.86. The van der Waals surface area contributed by atoms with E-state index in [1.54, 1.807) is 0 Å². The number of aryl methyl sites for hydroxylation is 1. The van der Waals surface area contributed by atoms with E-state index in [2.05, 4.69) is 6.92 Å². The second-order valence-corrected chi connectivity index (χ2v) is 5.61. The summed E-state index contributed by atoms with van der Waals surface area (Å²) in [6.07, 6.45) is 0. The molecule has 2 atom stereocenters. The van der Waals surface area contributed by atoms with Crippen molar-refractivity contribution in [3.05, 3.63) is 21.9 Å². The van der Waals surface area contributed by atoms with E-state index in [4.69, 9.17) is 11.6 Å². The van der Waals surface area contributed by atoms with Crippen molar-refractivity contribution in [2.75, 3.05) is 13.1 Å². The Labute approximate surface area is 98.8 Å². The van der Waals surface area contributed by atoms with E-state index in [0.29, 0.717) is 12.5 Å². The van der Waals surface area contributed by atoms with Gasteiger partial charge in [-0.2, -0.15) is 0 Å². The normalized spacial score (nSPS) is 25.9. The van der Waals surface area contributed by atoms with Crippen LogP contribution in [0, 0.1) is 12.8 Å². The van der Waals surface area contributed by atoms with Crippen LogP contribution >= 0.6 is 22.9 Å². The highest BCUT2D eigenvalue weighted by Gasteiger charge is 2.32. The molecule has 1 amide bonds. The van der Waals surface area contributed by atoms with Crippen LogP contribution in [0.25, 0.3) is 0 Å². The molecule has 0 saturated carbocycles. The predicted molar refractivity (Wildman–Crippen MR) is 63.8 cm³/mol. The fourth-order valence-electron chi connectivity index (χ4n) is 1.83. The zero-order valence-corrected chi connectivity index (χ0v) is 10.4. The second kappa shape index (κ2) is 4.14. The van der Waals surface area contributed by atoms with Gasteiger partial charge in [-0.05, 0) is 29.9 Å². The Kier molecular flexibility index (Phi) is 3.03. The lowest BCUT2D eigenvalue weighted by Gasteiger charge is -2.14. The molecule has 1 aromatic heterocycles. The van der Waals surface area contributed by atoms with Crippen LogP contribution in [0.1, 0.15) is 22.2 Å². The Morgan fingerprint density at radius 2 is 2.33 bits per heavy atom. The Morgan fingerprint density at radius 1 is 1.60 bits per heavy atom. The molecule has 1 aliphatic rings. The number of likely N-dealkylation sites (tertiary alicyclic amines) is 1. The molecule has 1 fully saturated rings. The number of alkyl halides is 1. The number of nitrogens with zero attached hydrogens (tertiary/aromatic N) is 1. The van der Waals surface area contributed by atoms with Gasteiger partial charge in [0.1, 0.15) is 0 Å². The molecule has 0 radical (unpaired) electrons. The van der Waals surface area contributed by atoms with E-state index in [0.717, 1.165) is 17.0 Å². The number of hydrogen-bond acceptors (Lipinski definition) is 2. The minimum absolute atomic E-state index is 0.106. The molecule has 0 aromatic carbocycles. The number of carbonyl (C=O) groups is 1. The zero-order valence-electron chi connectivity index (χ0n) is 8.87. The summed E-state index contributed by atoms with van der Waals surface area (Å²) < 4.78 is 0. The Balaban J connectivity index is 2.13. The largest absolute Gasteiger partial charge is 0.336 e. The van der Waals surface area contributed by atoms with Gasteiger partial charge in [-0.3, -0.25) is 4.79 Å². The maximum Gasteiger partial charge on any atom is 0.264 e. The minimum atomic E-state index is 0.106. The number of carbonyl (C=O) groups excluding carboxylic acids is 1. The molecule has 0 aliphatic carbocycles. The monoisotopic (exact) mass is 243 g/mol. The first-order chi connectivity index (χ1) is 7.09. The Bertz CT molecular complexity index is 366. The van der Waals surface area contributed by atoms with E-state index in [-0.39, 0.29) is 11.3 Å². The topological polar surface area (TPSA) is 20.3 Å². The van der Waals surface area contributed by atoms with Gasteiger partial charge in [-0.1, -0.05) is 6.92 Å². The van der Waals surface area contributed by atoms with E-state index >= 15 is 0 Å². The van der Waals surface area contributed by atoms with Gasteiger partial charge in [0.05, 0.1) is 10.3 Å². The maximum absolute atomic E-state index is 12.1. The molecule has 1 aromatic rings. The average Bonchev–Trinajstić information content (AvgIpc) is 2.74. The Morgan fingerprint density at radius 3 is 2.80 bits per heavy atom. The molecule has 0 N–H and O–H groups in total. The highest BCUT2D eigenvalue weighted by atomic mass is 35.5. The summed E-state index contributed by atoms with van der Waals surface area (Å²) in [5.74, 6) is 0.536. The molecular weight excluding hydrogens is 230 g/mol. The summed E-state index contributed by atoms with van der Waals surface area (Å²) in [5.41, 5.74) is 1.07. The number of hydrogen-bond donors (Lipinski definition) is 0. The lowest BCUT2D eigenvalue weighted by Crippen LogP contribution is -2.28. The third-order valence-corrected chi connectivity index (χ3v) is 4.44. The molecule has 2 heterocycles. The van der Waals surface area contributed by atoms with Crippen LogP contribution in [0.3, 0.4) is 0 Å². The van der Waals surface area contributed by atoms with Crippen LogP contribution in [-0.4, -0.2) is 29.3 Å². The fourth-order valence-corrected chi connectivity index (χ4v) is 2.97. The highest BCUT2D eigenvalue weighted by molar-refractivity contribution is 7.12. The summed E-state index contributed by atoms with van der Waals surface area (Å²) in [7, 11) is 0. The van der Waals surface area contributed by atoms with Gasteiger partial charge in [0.2, 0.25) is 0 Å². The standard InChI is InChI=1S/C11H14ClNOS/c1-7-3-4-15-10(7)11(14)13-5-8(2)9(12)6-13/h3-4,8-9H,5-6H2,1-2H3. The Hall–Kier alpha value is -0.540. The number of thiophene rings is 1. The molecule has 0 bridgehead atoms. The molecule has 2 rings (SSSR count). The molecule has 2 unspecified atom stereocenters. The zero-order chi connectivity index (χ0) is 11.0. The van der Waals surface area contributed by atoms with Gasteiger partial charge in [0.15, 0.2) is 0 Å². The van der Waals surface area contributed by atoms with Gasteiger partial charge in [0.25, 0.3) is 5.91 Å². The van der Waals surface area contributed by atoms with Gasteiger partial charge in [-0.25, -0.2) is 0 Å². The van der Waals surface area contributed by atoms with E-state index in [1.807, 2.05) is 23.3 Å². The van der Waals surface area contributed by atoms with Crippen LogP contribution in [-0.2, 0) is 0 Å². The lowest BCUT2D eigenvalue weighted by molar-refractivity contribution is 0.0792. The molecule has 1 saturated heterocycles. The van der Waals surface area contributed by atoms with Gasteiger partial charge >= 0.3 is 0 Å². The van der Waals surface area contributed by atoms with Gasteiger partial charge in [-0.15, -0.1) is 22.9 Å². The van der Waals surface area contributed by atoms with Gasteiger partial charge in [0, 0.05) is 13.1 Å². The van der Waals surface area contributed by atoms with Crippen molar-refractivity contribution in [3.63, 3.8) is 0 Å². The summed E-state index contributed by atoms with van der Waals surface area (Å²) in [5, 5.41) is 2.06. The molecule has 82 valence electrons. The van der Waals surface area contributed by atoms with E-state index in [9.17, 15) is 4.79 Å². The first-order valence-electron chi connectivity index (χ1n) is 5.07. The third kappa shape index (κ3) is 2.04.